The number of rotatable bonds is 1. The van der Waals surface area contributed by atoms with Gasteiger partial charge >= 0.3 is 0 Å². The molecule has 2 aromatic rings. The van der Waals surface area contributed by atoms with E-state index in [9.17, 15) is 15.3 Å². The average molecular weight is 216 g/mol. The molecule has 0 heterocycles. The highest BCUT2D eigenvalue weighted by Gasteiger charge is 2.12. The Labute approximate surface area is 93.2 Å². The van der Waals surface area contributed by atoms with Crippen LogP contribution in [0.3, 0.4) is 0 Å². The van der Waals surface area contributed by atoms with Crippen LogP contribution < -0.4 is 0 Å². The first-order valence-corrected chi connectivity index (χ1v) is 4.90. The van der Waals surface area contributed by atoms with Crippen molar-refractivity contribution in [1.29, 1.82) is 0 Å². The van der Waals surface area contributed by atoms with Crippen LogP contribution in [0.5, 0.6) is 17.2 Å². The van der Waals surface area contributed by atoms with Crippen LogP contribution in [0.1, 0.15) is 5.56 Å². The first-order valence-electron chi connectivity index (χ1n) is 4.90. The fraction of sp³-hybridized carbons (Fsp3) is 0.0769. The Hall–Kier alpha value is -2.16. The molecule has 2 aromatic carbocycles. The van der Waals surface area contributed by atoms with Gasteiger partial charge in [0.25, 0.3) is 0 Å². The molecule has 0 radical (unpaired) electrons. The lowest BCUT2D eigenvalue weighted by molar-refractivity contribution is 0.449. The monoisotopic (exact) mass is 216 g/mol. The summed E-state index contributed by atoms with van der Waals surface area (Å²) in [5.41, 5.74) is 1.80. The summed E-state index contributed by atoms with van der Waals surface area (Å²) in [5.74, 6) is 0.0692. The minimum Gasteiger partial charge on any atom is -0.508 e. The summed E-state index contributed by atoms with van der Waals surface area (Å²) in [7, 11) is 0. The molecule has 0 unspecified atom stereocenters. The molecule has 0 saturated carbocycles. The summed E-state index contributed by atoms with van der Waals surface area (Å²) in [4.78, 5) is 0. The van der Waals surface area contributed by atoms with Crippen molar-refractivity contribution in [2.75, 3.05) is 0 Å². The molecular weight excluding hydrogens is 204 g/mol. The van der Waals surface area contributed by atoms with Crippen molar-refractivity contribution in [2.24, 2.45) is 0 Å². The number of hydrogen-bond donors (Lipinski definition) is 3. The number of aromatic hydroxyl groups is 3. The second-order valence-corrected chi connectivity index (χ2v) is 3.67. The number of aryl methyl sites for hydroxylation is 1. The lowest BCUT2D eigenvalue weighted by Crippen LogP contribution is -1.85. The van der Waals surface area contributed by atoms with Crippen molar-refractivity contribution in [3.63, 3.8) is 0 Å². The van der Waals surface area contributed by atoms with Gasteiger partial charge in [-0.25, -0.2) is 0 Å². The number of para-hydroxylation sites is 1. The Bertz CT molecular complexity index is 509. The molecule has 0 aliphatic rings. The molecule has 3 nitrogen and oxygen atoms in total. The average Bonchev–Trinajstić information content (AvgIpc) is 2.19. The zero-order valence-corrected chi connectivity index (χ0v) is 8.81. The Morgan fingerprint density at radius 1 is 0.875 bits per heavy atom. The predicted molar refractivity (Wildman–Crippen MR) is 61.6 cm³/mol. The smallest absolute Gasteiger partial charge is 0.127 e. The van der Waals surface area contributed by atoms with Crippen LogP contribution in [0.25, 0.3) is 11.1 Å². The lowest BCUT2D eigenvalue weighted by atomic mass is 9.98. The van der Waals surface area contributed by atoms with E-state index in [0.717, 1.165) is 0 Å². The van der Waals surface area contributed by atoms with E-state index in [1.807, 2.05) is 0 Å². The van der Waals surface area contributed by atoms with Crippen LogP contribution in [-0.4, -0.2) is 15.3 Å². The molecular formula is C13H12O3. The van der Waals surface area contributed by atoms with E-state index in [-0.39, 0.29) is 17.2 Å². The molecule has 0 aliphatic heterocycles. The third-order valence-electron chi connectivity index (χ3n) is 2.47. The van der Waals surface area contributed by atoms with Crippen LogP contribution in [0.2, 0.25) is 0 Å². The quantitative estimate of drug-likeness (QED) is 0.686. The summed E-state index contributed by atoms with van der Waals surface area (Å²) >= 11 is 0. The molecule has 0 bridgehead atoms. The highest BCUT2D eigenvalue weighted by molar-refractivity contribution is 5.78. The van der Waals surface area contributed by atoms with Crippen molar-refractivity contribution in [3.05, 3.63) is 42.0 Å². The molecule has 0 saturated heterocycles. The van der Waals surface area contributed by atoms with E-state index in [0.29, 0.717) is 16.7 Å². The highest BCUT2D eigenvalue weighted by atomic mass is 16.3. The Morgan fingerprint density at radius 3 is 2.19 bits per heavy atom. The molecule has 0 amide bonds. The van der Waals surface area contributed by atoms with Gasteiger partial charge in [-0.15, -0.1) is 0 Å². The van der Waals surface area contributed by atoms with Gasteiger partial charge in [0, 0.05) is 17.2 Å². The van der Waals surface area contributed by atoms with Gasteiger partial charge in [-0.05, 0) is 24.6 Å². The number of hydrogen-bond acceptors (Lipinski definition) is 3. The first-order chi connectivity index (χ1) is 7.59. The van der Waals surface area contributed by atoms with E-state index >= 15 is 0 Å². The van der Waals surface area contributed by atoms with E-state index in [2.05, 4.69) is 0 Å². The molecule has 0 aromatic heterocycles. The van der Waals surface area contributed by atoms with Gasteiger partial charge in [0.15, 0.2) is 0 Å². The maximum absolute atomic E-state index is 9.78. The fourth-order valence-corrected chi connectivity index (χ4v) is 1.79. The van der Waals surface area contributed by atoms with Gasteiger partial charge in [0.2, 0.25) is 0 Å². The third-order valence-corrected chi connectivity index (χ3v) is 2.47. The normalized spacial score (nSPS) is 10.3. The lowest BCUT2D eigenvalue weighted by Gasteiger charge is -2.10. The van der Waals surface area contributed by atoms with E-state index in [4.69, 9.17) is 0 Å². The van der Waals surface area contributed by atoms with Crippen LogP contribution >= 0.6 is 0 Å². The van der Waals surface area contributed by atoms with E-state index < -0.39 is 0 Å². The van der Waals surface area contributed by atoms with E-state index in [1.54, 1.807) is 37.3 Å². The summed E-state index contributed by atoms with van der Waals surface area (Å²) in [6.45, 7) is 1.77. The van der Waals surface area contributed by atoms with Gasteiger partial charge in [-0.2, -0.15) is 0 Å². The minimum atomic E-state index is -0.0426. The minimum absolute atomic E-state index is 0.00849. The number of benzene rings is 2. The molecule has 2 rings (SSSR count). The molecule has 82 valence electrons. The van der Waals surface area contributed by atoms with Crippen LogP contribution in [0.4, 0.5) is 0 Å². The van der Waals surface area contributed by atoms with Crippen LogP contribution in [0, 0.1) is 6.92 Å². The topological polar surface area (TPSA) is 60.7 Å². The van der Waals surface area contributed by atoms with Crippen molar-refractivity contribution in [2.45, 2.75) is 6.92 Å². The standard InChI is InChI=1S/C13H12O3/c1-8-6-9(14)7-12(16)13(8)10-4-2-3-5-11(10)15/h2-7,14-16H,1H3. The van der Waals surface area contributed by atoms with Crippen LogP contribution in [0.15, 0.2) is 36.4 Å². The van der Waals surface area contributed by atoms with Gasteiger partial charge in [-0.1, -0.05) is 18.2 Å². The predicted octanol–water partition coefficient (Wildman–Crippen LogP) is 2.78. The zero-order chi connectivity index (χ0) is 11.7. The molecule has 0 fully saturated rings. The Morgan fingerprint density at radius 2 is 1.56 bits per heavy atom. The van der Waals surface area contributed by atoms with Gasteiger partial charge < -0.3 is 15.3 Å². The molecule has 3 heteroatoms. The maximum atomic E-state index is 9.78. The maximum Gasteiger partial charge on any atom is 0.127 e. The second kappa shape index (κ2) is 3.77. The summed E-state index contributed by atoms with van der Waals surface area (Å²) in [6.07, 6.45) is 0. The highest BCUT2D eigenvalue weighted by Crippen LogP contribution is 2.39. The molecule has 0 atom stereocenters. The van der Waals surface area contributed by atoms with Crippen molar-refractivity contribution in [3.8, 4) is 28.4 Å². The van der Waals surface area contributed by atoms with Crippen molar-refractivity contribution in [1.82, 2.24) is 0 Å². The number of phenols is 3. The molecule has 0 aliphatic carbocycles. The van der Waals surface area contributed by atoms with Crippen molar-refractivity contribution < 1.29 is 15.3 Å². The fourth-order valence-electron chi connectivity index (χ4n) is 1.79. The largest absolute Gasteiger partial charge is 0.508 e. The molecule has 0 spiro atoms. The molecule has 16 heavy (non-hydrogen) atoms. The Balaban J connectivity index is 2.70. The van der Waals surface area contributed by atoms with E-state index in [1.165, 1.54) is 6.07 Å². The summed E-state index contributed by atoms with van der Waals surface area (Å²) < 4.78 is 0. The SMILES string of the molecule is Cc1cc(O)cc(O)c1-c1ccccc1O. The molecule has 3 N–H and O–H groups in total. The van der Waals surface area contributed by atoms with Crippen LogP contribution in [-0.2, 0) is 0 Å². The summed E-state index contributed by atoms with van der Waals surface area (Å²) in [5, 5.41) is 28.8. The van der Waals surface area contributed by atoms with Gasteiger partial charge in [0.1, 0.15) is 17.2 Å². The third kappa shape index (κ3) is 1.67. The number of phenolic OH excluding ortho intramolecular Hbond substituents is 3. The van der Waals surface area contributed by atoms with Gasteiger partial charge in [0.05, 0.1) is 0 Å². The van der Waals surface area contributed by atoms with Gasteiger partial charge in [-0.3, -0.25) is 0 Å². The van der Waals surface area contributed by atoms with Crippen molar-refractivity contribution >= 4 is 0 Å². The second-order valence-electron chi connectivity index (χ2n) is 3.67. The zero-order valence-electron chi connectivity index (χ0n) is 8.81. The Kier molecular flexibility index (Phi) is 2.44. The summed E-state index contributed by atoms with van der Waals surface area (Å²) in [6, 6.07) is 9.57. The first kappa shape index (κ1) is 10.4.